The number of anilines is 1. The van der Waals surface area contributed by atoms with Gasteiger partial charge in [-0.1, -0.05) is 41.4 Å². The van der Waals surface area contributed by atoms with Crippen LogP contribution in [-0.2, 0) is 17.9 Å². The second-order valence-corrected chi connectivity index (χ2v) is 12.2. The molecule has 2 amide bonds. The Morgan fingerprint density at radius 3 is 2.76 bits per heavy atom. The summed E-state index contributed by atoms with van der Waals surface area (Å²) in [6.45, 7) is 1.85. The minimum atomic E-state index is -0.402. The quantitative estimate of drug-likeness (QED) is 0.127. The number of ether oxygens (including phenoxy) is 1. The number of amides is 2. The molecule has 1 aromatic carbocycles. The molecule has 1 aliphatic rings. The van der Waals surface area contributed by atoms with Gasteiger partial charge in [-0.15, -0.1) is 11.3 Å². The molecule has 5 rings (SSSR count). The largest absolute Gasteiger partial charge is 0.481 e. The van der Waals surface area contributed by atoms with Crippen LogP contribution in [0.4, 0.5) is 10.1 Å². The molecule has 14 heteroatoms. The molecule has 0 aliphatic carbocycles. The third-order valence-corrected chi connectivity index (χ3v) is 8.91. The van der Waals surface area contributed by atoms with E-state index in [2.05, 4.69) is 31.2 Å². The number of methoxy groups -OCH3 is 1. The van der Waals surface area contributed by atoms with Crippen LogP contribution in [0.1, 0.15) is 39.5 Å². The molecule has 0 unspecified atom stereocenters. The molecule has 0 bridgehead atoms. The van der Waals surface area contributed by atoms with E-state index in [9.17, 15) is 14.0 Å². The number of aromatic nitrogens is 3. The number of carbonyl (C=O) groups is 2. The predicted molar refractivity (Wildman–Crippen MR) is 175 cm³/mol. The number of pyridine rings is 2. The highest BCUT2D eigenvalue weighted by Crippen LogP contribution is 2.40. The van der Waals surface area contributed by atoms with E-state index in [0.717, 1.165) is 16.9 Å². The van der Waals surface area contributed by atoms with Crippen molar-refractivity contribution in [1.29, 1.82) is 0 Å². The van der Waals surface area contributed by atoms with Crippen LogP contribution in [0.3, 0.4) is 0 Å². The number of hydrogen-bond donors (Lipinski definition) is 4. The Kier molecular flexibility index (Phi) is 11.3. The van der Waals surface area contributed by atoms with Gasteiger partial charge in [0, 0.05) is 66.1 Å². The molecule has 10 nitrogen and oxygen atoms in total. The van der Waals surface area contributed by atoms with E-state index in [4.69, 9.17) is 32.9 Å². The lowest BCUT2D eigenvalue weighted by Gasteiger charge is -2.15. The van der Waals surface area contributed by atoms with Gasteiger partial charge in [-0.3, -0.25) is 19.0 Å². The Morgan fingerprint density at radius 2 is 1.98 bits per heavy atom. The normalized spacial score (nSPS) is 14.4. The predicted octanol–water partition coefficient (Wildman–Crippen LogP) is 5.65. The minimum absolute atomic E-state index is 0.0819. The van der Waals surface area contributed by atoms with Crippen LogP contribution in [0.15, 0.2) is 48.8 Å². The van der Waals surface area contributed by atoms with Gasteiger partial charge < -0.3 is 26.0 Å². The highest BCUT2D eigenvalue weighted by molar-refractivity contribution is 7.13. The Bertz CT molecular complexity index is 1670. The molecule has 0 saturated carbocycles. The van der Waals surface area contributed by atoms with Crippen LogP contribution in [0.2, 0.25) is 10.0 Å². The van der Waals surface area contributed by atoms with Crippen LogP contribution in [-0.4, -0.2) is 59.7 Å². The second-order valence-electron chi connectivity index (χ2n) is 10.3. The summed E-state index contributed by atoms with van der Waals surface area (Å²) in [7, 11) is 1.56. The molecule has 4 heterocycles. The summed E-state index contributed by atoms with van der Waals surface area (Å²) in [4.78, 5) is 38.7. The molecule has 1 fully saturated rings. The fourth-order valence-electron chi connectivity index (χ4n) is 4.86. The lowest BCUT2D eigenvalue weighted by Crippen LogP contribution is -2.35. The van der Waals surface area contributed by atoms with Crippen LogP contribution < -0.4 is 26.0 Å². The molecule has 3 aromatic heterocycles. The number of benzene rings is 1. The number of alkyl halides is 1. The highest BCUT2D eigenvalue weighted by atomic mass is 35.5. The fourth-order valence-corrected chi connectivity index (χ4v) is 6.21. The summed E-state index contributed by atoms with van der Waals surface area (Å²) in [5.74, 6) is 0.132. The molecule has 4 aromatic rings. The van der Waals surface area contributed by atoms with Gasteiger partial charge in [-0.25, -0.2) is 9.97 Å². The van der Waals surface area contributed by atoms with Crippen molar-refractivity contribution >= 4 is 52.0 Å². The molecule has 1 aliphatic heterocycles. The summed E-state index contributed by atoms with van der Waals surface area (Å²) in [5.41, 5.74) is 3.43. The van der Waals surface area contributed by atoms with Gasteiger partial charge in [0.15, 0.2) is 5.01 Å². The maximum atomic E-state index is 13.0. The number of nitrogens with zero attached hydrogens (tertiary/aromatic N) is 3. The van der Waals surface area contributed by atoms with Gasteiger partial charge in [0.25, 0.3) is 5.91 Å². The first kappa shape index (κ1) is 32.7. The topological polar surface area (TPSA) is 130 Å². The number of nitrogens with one attached hydrogen (secondary N) is 4. The third-order valence-electron chi connectivity index (χ3n) is 7.13. The molecule has 1 atom stereocenters. The van der Waals surface area contributed by atoms with Gasteiger partial charge in [0.1, 0.15) is 0 Å². The third kappa shape index (κ3) is 8.13. The number of thiazole rings is 1. The van der Waals surface area contributed by atoms with E-state index in [-0.39, 0.29) is 28.7 Å². The average Bonchev–Trinajstić information content (AvgIpc) is 3.70. The Labute approximate surface area is 274 Å². The van der Waals surface area contributed by atoms with Crippen molar-refractivity contribution in [3.63, 3.8) is 0 Å². The minimum Gasteiger partial charge on any atom is -0.481 e. The molecule has 1 saturated heterocycles. The van der Waals surface area contributed by atoms with E-state index in [1.165, 1.54) is 11.3 Å². The van der Waals surface area contributed by atoms with Gasteiger partial charge in [-0.2, -0.15) is 0 Å². The SMILES string of the molecule is COc1nc(-c2ccnc(-c3cccc(NC(=O)c4ncc(CNCCCF)s4)c3Cl)c2Cl)ccc1CNC[C@@H]1CCC(=O)N1. The molecular formula is C31H32Cl2FN7O3S. The van der Waals surface area contributed by atoms with Gasteiger partial charge in [-0.05, 0) is 37.6 Å². The second kappa shape index (κ2) is 15.5. The van der Waals surface area contributed by atoms with Crippen LogP contribution in [0.25, 0.3) is 22.5 Å². The first-order valence-corrected chi connectivity index (χ1v) is 16.0. The first-order valence-electron chi connectivity index (χ1n) is 14.4. The van der Waals surface area contributed by atoms with E-state index >= 15 is 0 Å². The summed E-state index contributed by atoms with van der Waals surface area (Å²) in [6, 6.07) is 10.9. The Hall–Kier alpha value is -3.68. The summed E-state index contributed by atoms with van der Waals surface area (Å²) >= 11 is 14.9. The first-order chi connectivity index (χ1) is 21.9. The number of carbonyl (C=O) groups excluding carboxylic acids is 2. The van der Waals surface area contributed by atoms with E-state index < -0.39 is 5.91 Å². The summed E-state index contributed by atoms with van der Waals surface area (Å²) < 4.78 is 17.9. The van der Waals surface area contributed by atoms with Crippen LogP contribution >= 0.6 is 34.5 Å². The van der Waals surface area contributed by atoms with E-state index in [1.54, 1.807) is 43.8 Å². The summed E-state index contributed by atoms with van der Waals surface area (Å²) in [5, 5.41) is 13.1. The zero-order valence-corrected chi connectivity index (χ0v) is 26.8. The molecule has 45 heavy (non-hydrogen) atoms. The maximum absolute atomic E-state index is 13.0. The van der Waals surface area contributed by atoms with E-state index in [0.29, 0.717) is 78.1 Å². The number of hydrogen-bond acceptors (Lipinski definition) is 9. The standard InChI is InChI=1S/C31H32Cl2FN7O3S/c1-44-30-18(14-36-15-19-7-9-25(42)39-19)6-8-23(41-30)21-10-13-37-28(27(21)33)22-4-2-5-24(26(22)32)40-29(43)31-38-17-20(45-31)16-35-12-3-11-34/h2,4-6,8,10,13,17,19,35-36H,3,7,9,11-12,14-16H2,1H3,(H,39,42)(H,40,43)/t19-/m0/s1. The van der Waals surface area contributed by atoms with Crippen molar-refractivity contribution in [1.82, 2.24) is 30.9 Å². The number of halogens is 3. The van der Waals surface area contributed by atoms with Gasteiger partial charge in [0.05, 0.1) is 40.9 Å². The van der Waals surface area contributed by atoms with Crippen LogP contribution in [0, 0.1) is 0 Å². The maximum Gasteiger partial charge on any atom is 0.284 e. The zero-order valence-electron chi connectivity index (χ0n) is 24.5. The van der Waals surface area contributed by atoms with Crippen molar-refractivity contribution in [3.8, 4) is 28.4 Å². The summed E-state index contributed by atoms with van der Waals surface area (Å²) in [6.07, 6.45) is 5.05. The van der Waals surface area contributed by atoms with Crippen molar-refractivity contribution in [2.45, 2.75) is 38.4 Å². The average molecular weight is 673 g/mol. The monoisotopic (exact) mass is 671 g/mol. The zero-order chi connectivity index (χ0) is 31.8. The van der Waals surface area contributed by atoms with Crippen molar-refractivity contribution in [2.24, 2.45) is 0 Å². The van der Waals surface area contributed by atoms with Crippen LogP contribution in [0.5, 0.6) is 5.88 Å². The highest BCUT2D eigenvalue weighted by Gasteiger charge is 2.21. The van der Waals surface area contributed by atoms with Crippen molar-refractivity contribution in [2.75, 3.05) is 32.2 Å². The molecule has 0 spiro atoms. The van der Waals surface area contributed by atoms with Gasteiger partial charge in [0.2, 0.25) is 11.8 Å². The van der Waals surface area contributed by atoms with Crippen molar-refractivity contribution < 1.29 is 18.7 Å². The Morgan fingerprint density at radius 1 is 1.11 bits per heavy atom. The molecular weight excluding hydrogens is 640 g/mol. The number of rotatable bonds is 14. The Balaban J connectivity index is 1.30. The van der Waals surface area contributed by atoms with Gasteiger partial charge >= 0.3 is 0 Å². The fraction of sp³-hybridized carbons (Fsp3) is 0.323. The molecule has 4 N–H and O–H groups in total. The lowest BCUT2D eigenvalue weighted by atomic mass is 10.1. The molecule has 236 valence electrons. The van der Waals surface area contributed by atoms with Crippen molar-refractivity contribution in [3.05, 3.63) is 74.3 Å². The van der Waals surface area contributed by atoms with E-state index in [1.807, 2.05) is 12.1 Å². The molecule has 0 radical (unpaired) electrons. The smallest absolute Gasteiger partial charge is 0.284 e. The lowest BCUT2D eigenvalue weighted by molar-refractivity contribution is -0.119.